The quantitative estimate of drug-likeness (QED) is 0.599. The number of aromatic nitrogens is 2. The summed E-state index contributed by atoms with van der Waals surface area (Å²) in [7, 11) is 1.63. The third-order valence-electron chi connectivity index (χ3n) is 3.97. The summed E-state index contributed by atoms with van der Waals surface area (Å²) in [5.74, 6) is 1.46. The highest BCUT2D eigenvalue weighted by atomic mass is 32.2. The molecule has 0 unspecified atom stereocenters. The Balaban J connectivity index is 1.48. The highest BCUT2D eigenvalue weighted by molar-refractivity contribution is 7.99. The van der Waals surface area contributed by atoms with Gasteiger partial charge in [-0.2, -0.15) is 0 Å². The Bertz CT molecular complexity index is 866. The topological polar surface area (TPSA) is 77.2 Å². The van der Waals surface area contributed by atoms with Gasteiger partial charge in [0.1, 0.15) is 5.75 Å². The van der Waals surface area contributed by atoms with Gasteiger partial charge in [0, 0.05) is 0 Å². The summed E-state index contributed by atoms with van der Waals surface area (Å²) in [5.41, 5.74) is 2.11. The zero-order valence-electron chi connectivity index (χ0n) is 15.2. The number of hydrogen-bond acceptors (Lipinski definition) is 6. The number of carbonyl (C=O) groups excluding carboxylic acids is 1. The minimum Gasteiger partial charge on any atom is -0.497 e. The van der Waals surface area contributed by atoms with Crippen molar-refractivity contribution in [2.45, 2.75) is 24.6 Å². The fourth-order valence-corrected chi connectivity index (χ4v) is 3.11. The highest BCUT2D eigenvalue weighted by Crippen LogP contribution is 2.19. The number of hydrogen-bond donors (Lipinski definition) is 1. The minimum atomic E-state index is -0.0775. The molecule has 140 valence electrons. The van der Waals surface area contributed by atoms with Crippen LogP contribution in [0.25, 0.3) is 0 Å². The largest absolute Gasteiger partial charge is 0.497 e. The molecule has 1 heterocycles. The maximum absolute atomic E-state index is 12.1. The van der Waals surface area contributed by atoms with Gasteiger partial charge in [0.25, 0.3) is 5.22 Å². The van der Waals surface area contributed by atoms with Crippen molar-refractivity contribution in [3.8, 4) is 5.75 Å². The second kappa shape index (κ2) is 9.23. The van der Waals surface area contributed by atoms with Crippen LogP contribution in [0.15, 0.2) is 64.2 Å². The number of nitrogens with one attached hydrogen (secondary N) is 1. The lowest BCUT2D eigenvalue weighted by Crippen LogP contribution is -2.28. The third kappa shape index (κ3) is 5.59. The number of carbonyl (C=O) groups is 1. The van der Waals surface area contributed by atoms with Gasteiger partial charge in [-0.25, -0.2) is 0 Å². The standard InChI is InChI=1S/C20H21N3O3S/c1-14(16-6-4-3-5-7-16)21-18(24)13-27-20-23-22-19(26-20)12-15-8-10-17(25-2)11-9-15/h3-11,14H,12-13H2,1-2H3,(H,21,24)/t14-/m0/s1. The van der Waals surface area contributed by atoms with Gasteiger partial charge in [0.2, 0.25) is 11.8 Å². The van der Waals surface area contributed by atoms with Crippen LogP contribution in [0.4, 0.5) is 0 Å². The van der Waals surface area contributed by atoms with E-state index < -0.39 is 0 Å². The summed E-state index contributed by atoms with van der Waals surface area (Å²) in [4.78, 5) is 12.1. The summed E-state index contributed by atoms with van der Waals surface area (Å²) >= 11 is 1.23. The van der Waals surface area contributed by atoms with Crippen LogP contribution in [0.5, 0.6) is 5.75 Å². The zero-order chi connectivity index (χ0) is 19.1. The monoisotopic (exact) mass is 383 g/mol. The summed E-state index contributed by atoms with van der Waals surface area (Å²) < 4.78 is 10.8. The number of ether oxygens (including phenoxy) is 1. The minimum absolute atomic E-state index is 0.0485. The lowest BCUT2D eigenvalue weighted by Gasteiger charge is -2.13. The van der Waals surface area contributed by atoms with Crippen LogP contribution in [-0.4, -0.2) is 29.0 Å². The van der Waals surface area contributed by atoms with Crippen molar-refractivity contribution in [1.29, 1.82) is 0 Å². The van der Waals surface area contributed by atoms with Crippen LogP contribution < -0.4 is 10.1 Å². The van der Waals surface area contributed by atoms with E-state index in [0.29, 0.717) is 17.5 Å². The SMILES string of the molecule is COc1ccc(Cc2nnc(SCC(=O)N[C@@H](C)c3ccccc3)o2)cc1. The summed E-state index contributed by atoms with van der Waals surface area (Å²) in [5, 5.41) is 11.4. The maximum Gasteiger partial charge on any atom is 0.277 e. The molecule has 3 rings (SSSR count). The number of thioether (sulfide) groups is 1. The van der Waals surface area contributed by atoms with E-state index in [1.807, 2.05) is 61.5 Å². The lowest BCUT2D eigenvalue weighted by molar-refractivity contribution is -0.119. The molecule has 0 aliphatic rings. The van der Waals surface area contributed by atoms with Crippen LogP contribution in [-0.2, 0) is 11.2 Å². The summed E-state index contributed by atoms with van der Waals surface area (Å²) in [6, 6.07) is 17.5. The zero-order valence-corrected chi connectivity index (χ0v) is 16.0. The van der Waals surface area contributed by atoms with E-state index >= 15 is 0 Å². The van der Waals surface area contributed by atoms with Crippen molar-refractivity contribution < 1.29 is 13.9 Å². The number of rotatable bonds is 8. The number of methoxy groups -OCH3 is 1. The average Bonchev–Trinajstić information content (AvgIpc) is 3.15. The van der Waals surface area contributed by atoms with E-state index in [1.165, 1.54) is 11.8 Å². The van der Waals surface area contributed by atoms with Gasteiger partial charge < -0.3 is 14.5 Å². The smallest absolute Gasteiger partial charge is 0.277 e. The van der Waals surface area contributed by atoms with Crippen LogP contribution in [0, 0.1) is 0 Å². The average molecular weight is 383 g/mol. The van der Waals surface area contributed by atoms with E-state index in [4.69, 9.17) is 9.15 Å². The molecule has 0 saturated heterocycles. The summed E-state index contributed by atoms with van der Waals surface area (Å²) in [6.07, 6.45) is 0.536. The number of nitrogens with zero attached hydrogens (tertiary/aromatic N) is 2. The van der Waals surface area contributed by atoms with Crippen LogP contribution in [0.1, 0.15) is 30.0 Å². The highest BCUT2D eigenvalue weighted by Gasteiger charge is 2.13. The fourth-order valence-electron chi connectivity index (χ4n) is 2.52. The van der Waals surface area contributed by atoms with Gasteiger partial charge in [-0.3, -0.25) is 4.79 Å². The van der Waals surface area contributed by atoms with Crippen molar-refractivity contribution >= 4 is 17.7 Å². The second-order valence-electron chi connectivity index (χ2n) is 5.98. The predicted molar refractivity (Wildman–Crippen MR) is 104 cm³/mol. The molecule has 6 nitrogen and oxygen atoms in total. The third-order valence-corrected chi connectivity index (χ3v) is 4.78. The molecule has 0 fully saturated rings. The Morgan fingerprint density at radius 1 is 1.15 bits per heavy atom. The van der Waals surface area contributed by atoms with Crippen molar-refractivity contribution in [3.05, 3.63) is 71.6 Å². The van der Waals surface area contributed by atoms with Crippen molar-refractivity contribution in [2.75, 3.05) is 12.9 Å². The Labute approximate surface area is 162 Å². The Morgan fingerprint density at radius 3 is 2.59 bits per heavy atom. The molecule has 27 heavy (non-hydrogen) atoms. The Morgan fingerprint density at radius 2 is 1.89 bits per heavy atom. The molecule has 0 spiro atoms. The number of benzene rings is 2. The van der Waals surface area contributed by atoms with E-state index in [9.17, 15) is 4.79 Å². The Kier molecular flexibility index (Phi) is 6.49. The van der Waals surface area contributed by atoms with Gasteiger partial charge in [-0.15, -0.1) is 10.2 Å². The first-order valence-electron chi connectivity index (χ1n) is 8.56. The molecular weight excluding hydrogens is 362 g/mol. The van der Waals surface area contributed by atoms with Gasteiger partial charge in [0.15, 0.2) is 0 Å². The first-order chi connectivity index (χ1) is 13.1. The molecule has 0 bridgehead atoms. The fraction of sp³-hybridized carbons (Fsp3) is 0.250. The lowest BCUT2D eigenvalue weighted by atomic mass is 10.1. The van der Waals surface area contributed by atoms with E-state index in [2.05, 4.69) is 15.5 Å². The van der Waals surface area contributed by atoms with Crippen molar-refractivity contribution in [2.24, 2.45) is 0 Å². The predicted octanol–water partition coefficient (Wildman–Crippen LogP) is 3.64. The molecule has 1 aromatic heterocycles. The molecule has 3 aromatic rings. The molecule has 1 atom stereocenters. The molecular formula is C20H21N3O3S. The molecule has 7 heteroatoms. The molecule has 2 aromatic carbocycles. The summed E-state index contributed by atoms with van der Waals surface area (Å²) in [6.45, 7) is 1.96. The second-order valence-corrected chi connectivity index (χ2v) is 6.90. The van der Waals surface area contributed by atoms with Crippen LogP contribution >= 0.6 is 11.8 Å². The molecule has 0 radical (unpaired) electrons. The maximum atomic E-state index is 12.1. The molecule has 1 amide bonds. The van der Waals surface area contributed by atoms with E-state index in [1.54, 1.807) is 7.11 Å². The van der Waals surface area contributed by atoms with Gasteiger partial charge in [-0.05, 0) is 30.2 Å². The normalized spacial score (nSPS) is 11.8. The first-order valence-corrected chi connectivity index (χ1v) is 9.55. The van der Waals surface area contributed by atoms with Gasteiger partial charge in [0.05, 0.1) is 25.3 Å². The van der Waals surface area contributed by atoms with Crippen LogP contribution in [0.2, 0.25) is 0 Å². The van der Waals surface area contributed by atoms with E-state index in [0.717, 1.165) is 16.9 Å². The van der Waals surface area contributed by atoms with Gasteiger partial charge >= 0.3 is 0 Å². The molecule has 0 aliphatic carbocycles. The Hall–Kier alpha value is -2.80. The molecule has 0 saturated carbocycles. The number of amides is 1. The van der Waals surface area contributed by atoms with Crippen molar-refractivity contribution in [3.63, 3.8) is 0 Å². The molecule has 1 N–H and O–H groups in total. The molecule has 0 aliphatic heterocycles. The first kappa shape index (κ1) is 19.0. The van der Waals surface area contributed by atoms with Crippen LogP contribution in [0.3, 0.4) is 0 Å². The van der Waals surface area contributed by atoms with Crippen molar-refractivity contribution in [1.82, 2.24) is 15.5 Å². The van der Waals surface area contributed by atoms with Gasteiger partial charge in [-0.1, -0.05) is 54.2 Å². The van der Waals surface area contributed by atoms with E-state index in [-0.39, 0.29) is 17.7 Å².